The number of H-pyrrole nitrogens is 1. The van der Waals surface area contributed by atoms with Gasteiger partial charge in [-0.3, -0.25) is 4.79 Å². The summed E-state index contributed by atoms with van der Waals surface area (Å²) in [4.78, 5) is 18.1. The number of benzene rings is 1. The summed E-state index contributed by atoms with van der Waals surface area (Å²) < 4.78 is 5.78. The van der Waals surface area contributed by atoms with Crippen LogP contribution in [0.1, 0.15) is 29.6 Å². The van der Waals surface area contributed by atoms with E-state index in [4.69, 9.17) is 10.5 Å². The molecule has 3 N–H and O–H groups in total. The first-order valence-corrected chi connectivity index (χ1v) is 7.53. The number of nitrogens with zero attached hydrogens (tertiary/aromatic N) is 1. The normalized spacial score (nSPS) is 25.2. The molecule has 5 nitrogen and oxygen atoms in total. The van der Waals surface area contributed by atoms with Gasteiger partial charge in [-0.25, -0.2) is 0 Å². The van der Waals surface area contributed by atoms with Gasteiger partial charge in [0.15, 0.2) is 0 Å². The Balaban J connectivity index is 1.69. The maximum atomic E-state index is 12.9. The lowest BCUT2D eigenvalue weighted by atomic mass is 10.1. The van der Waals surface area contributed by atoms with Gasteiger partial charge in [-0.2, -0.15) is 0 Å². The second-order valence-corrected chi connectivity index (χ2v) is 5.91. The van der Waals surface area contributed by atoms with E-state index >= 15 is 0 Å². The highest BCUT2D eigenvalue weighted by molar-refractivity contribution is 6.07. The molecule has 1 saturated carbocycles. The SMILES string of the molecule is Nc1ccc2c(C(=O)N3CCOC4CCCC43)c[nH]c2c1. The van der Waals surface area contributed by atoms with Crippen molar-refractivity contribution in [1.82, 2.24) is 9.88 Å². The van der Waals surface area contributed by atoms with Crippen LogP contribution < -0.4 is 5.73 Å². The third kappa shape index (κ3) is 2.00. The molecule has 1 saturated heterocycles. The molecule has 2 aromatic rings. The van der Waals surface area contributed by atoms with Crippen LogP contribution in [0.3, 0.4) is 0 Å². The van der Waals surface area contributed by atoms with E-state index in [0.29, 0.717) is 18.8 Å². The van der Waals surface area contributed by atoms with Gasteiger partial charge in [-0.15, -0.1) is 0 Å². The molecule has 0 radical (unpaired) electrons. The number of nitrogen functional groups attached to an aromatic ring is 1. The standard InChI is InChI=1S/C16H19N3O2/c17-10-4-5-11-12(9-18-13(11)8-10)16(20)19-6-7-21-15-3-1-2-14(15)19/h4-5,8-9,14-15,18H,1-3,6-7,17H2. The fourth-order valence-corrected chi connectivity index (χ4v) is 3.65. The molecule has 2 aliphatic rings. The molecule has 1 aromatic carbocycles. The molecule has 2 atom stereocenters. The highest BCUT2D eigenvalue weighted by Crippen LogP contribution is 2.32. The van der Waals surface area contributed by atoms with Crippen molar-refractivity contribution in [3.63, 3.8) is 0 Å². The summed E-state index contributed by atoms with van der Waals surface area (Å²) in [5.74, 6) is 0.103. The lowest BCUT2D eigenvalue weighted by molar-refractivity contribution is -0.0444. The van der Waals surface area contributed by atoms with E-state index in [0.717, 1.165) is 35.7 Å². The molecular weight excluding hydrogens is 266 g/mol. The Bertz CT molecular complexity index is 694. The average Bonchev–Trinajstić information content (AvgIpc) is 3.11. The number of carbonyl (C=O) groups excluding carboxylic acids is 1. The number of amides is 1. The topological polar surface area (TPSA) is 71.3 Å². The summed E-state index contributed by atoms with van der Waals surface area (Å²) in [6.07, 6.45) is 5.28. The molecule has 1 aliphatic heterocycles. The fraction of sp³-hybridized carbons (Fsp3) is 0.438. The van der Waals surface area contributed by atoms with Crippen LogP contribution in [0.25, 0.3) is 10.9 Å². The molecule has 0 spiro atoms. The van der Waals surface area contributed by atoms with E-state index < -0.39 is 0 Å². The number of ether oxygens (including phenoxy) is 1. The van der Waals surface area contributed by atoms with E-state index in [9.17, 15) is 4.79 Å². The minimum Gasteiger partial charge on any atom is -0.399 e. The van der Waals surface area contributed by atoms with E-state index in [1.54, 1.807) is 6.20 Å². The number of fused-ring (bicyclic) bond motifs is 2. The zero-order valence-electron chi connectivity index (χ0n) is 11.8. The number of hydrogen-bond donors (Lipinski definition) is 2. The van der Waals surface area contributed by atoms with Gasteiger partial charge < -0.3 is 20.4 Å². The van der Waals surface area contributed by atoms with Gasteiger partial charge in [0.2, 0.25) is 0 Å². The molecule has 1 aromatic heterocycles. The molecule has 0 bridgehead atoms. The van der Waals surface area contributed by atoms with Crippen molar-refractivity contribution < 1.29 is 9.53 Å². The number of aromatic nitrogens is 1. The average molecular weight is 285 g/mol. The second-order valence-electron chi connectivity index (χ2n) is 5.91. The number of nitrogens with two attached hydrogens (primary N) is 1. The lowest BCUT2D eigenvalue weighted by Gasteiger charge is -2.37. The van der Waals surface area contributed by atoms with Crippen molar-refractivity contribution in [2.45, 2.75) is 31.4 Å². The molecule has 21 heavy (non-hydrogen) atoms. The fourth-order valence-electron chi connectivity index (χ4n) is 3.65. The van der Waals surface area contributed by atoms with Gasteiger partial charge in [0.25, 0.3) is 5.91 Å². The zero-order chi connectivity index (χ0) is 14.4. The largest absolute Gasteiger partial charge is 0.399 e. The molecule has 1 aliphatic carbocycles. The molecule has 4 rings (SSSR count). The van der Waals surface area contributed by atoms with E-state index in [-0.39, 0.29) is 18.1 Å². The summed E-state index contributed by atoms with van der Waals surface area (Å²) in [7, 11) is 0. The van der Waals surface area contributed by atoms with Crippen LogP contribution in [0.15, 0.2) is 24.4 Å². The number of anilines is 1. The first-order chi connectivity index (χ1) is 10.2. The summed E-state index contributed by atoms with van der Waals surface area (Å²) in [5, 5.41) is 0.940. The van der Waals surface area contributed by atoms with Crippen LogP contribution in [0.4, 0.5) is 5.69 Å². The van der Waals surface area contributed by atoms with E-state index in [2.05, 4.69) is 4.98 Å². The molecule has 2 heterocycles. The first kappa shape index (κ1) is 12.7. The van der Waals surface area contributed by atoms with Gasteiger partial charge in [-0.05, 0) is 37.5 Å². The summed E-state index contributed by atoms with van der Waals surface area (Å²) >= 11 is 0. The third-order valence-corrected chi connectivity index (χ3v) is 4.68. The van der Waals surface area contributed by atoms with Crippen LogP contribution in [0.5, 0.6) is 0 Å². The van der Waals surface area contributed by atoms with Crippen molar-refractivity contribution in [2.24, 2.45) is 0 Å². The number of morpholine rings is 1. The van der Waals surface area contributed by atoms with Gasteiger partial charge in [0.05, 0.1) is 24.3 Å². The van der Waals surface area contributed by atoms with Gasteiger partial charge >= 0.3 is 0 Å². The molecule has 5 heteroatoms. The number of carbonyl (C=O) groups is 1. The number of nitrogens with one attached hydrogen (secondary N) is 1. The van der Waals surface area contributed by atoms with Crippen molar-refractivity contribution in [3.8, 4) is 0 Å². The van der Waals surface area contributed by atoms with Crippen molar-refractivity contribution in [1.29, 1.82) is 0 Å². The van der Waals surface area contributed by atoms with Crippen LogP contribution in [0, 0.1) is 0 Å². The lowest BCUT2D eigenvalue weighted by Crippen LogP contribution is -2.51. The van der Waals surface area contributed by atoms with Crippen LogP contribution >= 0.6 is 0 Å². The molecule has 2 fully saturated rings. The predicted octanol–water partition coefficient (Wildman–Crippen LogP) is 2.14. The molecule has 1 amide bonds. The Hall–Kier alpha value is -2.01. The minimum atomic E-state index is 0.103. The summed E-state index contributed by atoms with van der Waals surface area (Å²) in [6.45, 7) is 1.32. The van der Waals surface area contributed by atoms with Crippen molar-refractivity contribution >= 4 is 22.5 Å². The smallest absolute Gasteiger partial charge is 0.256 e. The molecular formula is C16H19N3O2. The maximum Gasteiger partial charge on any atom is 0.256 e. The van der Waals surface area contributed by atoms with Crippen LogP contribution in [-0.4, -0.2) is 41.1 Å². The predicted molar refractivity (Wildman–Crippen MR) is 81.1 cm³/mol. The molecule has 110 valence electrons. The van der Waals surface area contributed by atoms with Crippen LogP contribution in [-0.2, 0) is 4.74 Å². The van der Waals surface area contributed by atoms with Gasteiger partial charge in [0, 0.05) is 29.3 Å². The van der Waals surface area contributed by atoms with Crippen LogP contribution in [0.2, 0.25) is 0 Å². The Morgan fingerprint density at radius 1 is 1.38 bits per heavy atom. The number of rotatable bonds is 1. The Morgan fingerprint density at radius 2 is 2.29 bits per heavy atom. The molecule has 2 unspecified atom stereocenters. The van der Waals surface area contributed by atoms with E-state index in [1.807, 2.05) is 23.1 Å². The quantitative estimate of drug-likeness (QED) is 0.789. The summed E-state index contributed by atoms with van der Waals surface area (Å²) in [6, 6.07) is 5.86. The highest BCUT2D eigenvalue weighted by atomic mass is 16.5. The number of aromatic amines is 1. The monoisotopic (exact) mass is 285 g/mol. The first-order valence-electron chi connectivity index (χ1n) is 7.53. The zero-order valence-corrected chi connectivity index (χ0v) is 11.8. The van der Waals surface area contributed by atoms with Crippen molar-refractivity contribution in [3.05, 3.63) is 30.0 Å². The van der Waals surface area contributed by atoms with Gasteiger partial charge in [0.1, 0.15) is 0 Å². The third-order valence-electron chi connectivity index (χ3n) is 4.68. The summed E-state index contributed by atoms with van der Waals surface area (Å²) in [5.41, 5.74) is 8.14. The number of hydrogen-bond acceptors (Lipinski definition) is 3. The maximum absolute atomic E-state index is 12.9. The second kappa shape index (κ2) is 4.77. The highest BCUT2D eigenvalue weighted by Gasteiger charge is 2.39. The Labute approximate surface area is 123 Å². The Morgan fingerprint density at radius 3 is 3.19 bits per heavy atom. The van der Waals surface area contributed by atoms with Crippen molar-refractivity contribution in [2.75, 3.05) is 18.9 Å². The minimum absolute atomic E-state index is 0.103. The van der Waals surface area contributed by atoms with E-state index in [1.165, 1.54) is 0 Å². The van der Waals surface area contributed by atoms with Gasteiger partial charge in [-0.1, -0.05) is 0 Å². The Kier molecular flexibility index (Phi) is 2.89.